The predicted molar refractivity (Wildman–Crippen MR) is 50.9 cm³/mol. The summed E-state index contributed by atoms with van der Waals surface area (Å²) in [4.78, 5) is 0. The van der Waals surface area contributed by atoms with Crippen LogP contribution in [0.4, 0.5) is 5.69 Å². The summed E-state index contributed by atoms with van der Waals surface area (Å²) in [7, 11) is 0. The van der Waals surface area contributed by atoms with Crippen LogP contribution in [0.5, 0.6) is 0 Å². The Labute approximate surface area is 71.7 Å². The highest BCUT2D eigenvalue weighted by molar-refractivity contribution is 6.18. The van der Waals surface area contributed by atoms with E-state index in [9.17, 15) is 0 Å². The minimum absolute atomic E-state index is 0.421. The number of hydrogen-bond acceptors (Lipinski definition) is 1. The van der Waals surface area contributed by atoms with Gasteiger partial charge in [-0.2, -0.15) is 0 Å². The molecule has 1 aromatic rings. The smallest absolute Gasteiger partial charge is 0.0902 e. The standard InChI is InChI=1S/C9H10ClN/c1-2-8-5-3-4-6-9(8)11-7-10/h2-6,11H,1,7H2. The van der Waals surface area contributed by atoms with Crippen LogP contribution in [-0.4, -0.2) is 6.00 Å². The summed E-state index contributed by atoms with van der Waals surface area (Å²) in [5.74, 6) is 0. The van der Waals surface area contributed by atoms with Gasteiger partial charge < -0.3 is 5.32 Å². The monoisotopic (exact) mass is 167 g/mol. The molecule has 0 amide bonds. The van der Waals surface area contributed by atoms with Gasteiger partial charge in [-0.3, -0.25) is 0 Å². The maximum absolute atomic E-state index is 5.52. The van der Waals surface area contributed by atoms with Gasteiger partial charge >= 0.3 is 0 Å². The summed E-state index contributed by atoms with van der Waals surface area (Å²) in [6, 6.07) is 8.31. The normalized spacial score (nSPS) is 9.18. The molecular formula is C9H10ClN. The van der Waals surface area contributed by atoms with Gasteiger partial charge in [-0.25, -0.2) is 0 Å². The van der Waals surface area contributed by atoms with E-state index in [1.165, 1.54) is 0 Å². The highest BCUT2D eigenvalue weighted by Gasteiger charge is 1.93. The molecule has 0 heterocycles. The van der Waals surface area contributed by atoms with Gasteiger partial charge in [0.15, 0.2) is 0 Å². The summed E-state index contributed by atoms with van der Waals surface area (Å²) in [5.41, 5.74) is 2.10. The number of rotatable bonds is 3. The largest absolute Gasteiger partial charge is 0.371 e. The minimum Gasteiger partial charge on any atom is -0.371 e. The fourth-order valence-electron chi connectivity index (χ4n) is 0.908. The Morgan fingerprint density at radius 1 is 1.45 bits per heavy atom. The van der Waals surface area contributed by atoms with Crippen LogP contribution in [0, 0.1) is 0 Å². The number of anilines is 1. The lowest BCUT2D eigenvalue weighted by Gasteiger charge is -2.04. The zero-order valence-electron chi connectivity index (χ0n) is 6.18. The van der Waals surface area contributed by atoms with E-state index in [4.69, 9.17) is 11.6 Å². The summed E-state index contributed by atoms with van der Waals surface area (Å²) in [5, 5.41) is 3.02. The number of benzene rings is 1. The highest BCUT2D eigenvalue weighted by Crippen LogP contribution is 2.15. The molecule has 11 heavy (non-hydrogen) atoms. The van der Waals surface area contributed by atoms with Gasteiger partial charge in [-0.15, -0.1) is 11.6 Å². The first-order valence-corrected chi connectivity index (χ1v) is 3.93. The number of para-hydroxylation sites is 1. The summed E-state index contributed by atoms with van der Waals surface area (Å²) in [6.07, 6.45) is 1.80. The van der Waals surface area contributed by atoms with Crippen LogP contribution in [0.25, 0.3) is 6.08 Å². The van der Waals surface area contributed by atoms with Crippen molar-refractivity contribution < 1.29 is 0 Å². The van der Waals surface area contributed by atoms with Crippen molar-refractivity contribution in [3.63, 3.8) is 0 Å². The Morgan fingerprint density at radius 3 is 2.82 bits per heavy atom. The van der Waals surface area contributed by atoms with Gasteiger partial charge in [-0.05, 0) is 11.6 Å². The van der Waals surface area contributed by atoms with Gasteiger partial charge in [0, 0.05) is 5.69 Å². The van der Waals surface area contributed by atoms with E-state index in [2.05, 4.69) is 11.9 Å². The lowest BCUT2D eigenvalue weighted by atomic mass is 10.2. The van der Waals surface area contributed by atoms with Gasteiger partial charge in [-0.1, -0.05) is 30.9 Å². The second-order valence-electron chi connectivity index (χ2n) is 2.10. The number of alkyl halides is 1. The number of hydrogen-bond donors (Lipinski definition) is 1. The van der Waals surface area contributed by atoms with Crippen molar-refractivity contribution in [2.24, 2.45) is 0 Å². The van der Waals surface area contributed by atoms with E-state index in [1.54, 1.807) is 6.08 Å². The molecule has 0 aliphatic rings. The second kappa shape index (κ2) is 4.04. The molecule has 0 aliphatic carbocycles. The third-order valence-corrected chi connectivity index (χ3v) is 1.57. The second-order valence-corrected chi connectivity index (χ2v) is 2.37. The summed E-state index contributed by atoms with van der Waals surface area (Å²) >= 11 is 5.52. The van der Waals surface area contributed by atoms with E-state index in [0.717, 1.165) is 11.3 Å². The summed E-state index contributed by atoms with van der Waals surface area (Å²) in [6.45, 7) is 3.69. The molecule has 1 nitrogen and oxygen atoms in total. The molecule has 0 aromatic heterocycles. The Balaban J connectivity index is 2.92. The first kappa shape index (κ1) is 8.15. The van der Waals surface area contributed by atoms with Gasteiger partial charge in [0.2, 0.25) is 0 Å². The lowest BCUT2D eigenvalue weighted by molar-refractivity contribution is 1.44. The van der Waals surface area contributed by atoms with Gasteiger partial charge in [0.1, 0.15) is 0 Å². The Bertz CT molecular complexity index is 245. The van der Waals surface area contributed by atoms with Crippen LogP contribution >= 0.6 is 11.6 Å². The fourth-order valence-corrected chi connectivity index (χ4v) is 1.05. The molecule has 0 saturated carbocycles. The molecule has 0 atom stereocenters. The van der Waals surface area contributed by atoms with Crippen LogP contribution < -0.4 is 5.32 Å². The molecule has 1 N–H and O–H groups in total. The van der Waals surface area contributed by atoms with E-state index in [1.807, 2.05) is 24.3 Å². The van der Waals surface area contributed by atoms with E-state index in [-0.39, 0.29) is 0 Å². The first-order valence-electron chi connectivity index (χ1n) is 3.40. The quantitative estimate of drug-likeness (QED) is 0.539. The van der Waals surface area contributed by atoms with Crippen LogP contribution in [0.15, 0.2) is 30.8 Å². The molecule has 0 bridgehead atoms. The lowest BCUT2D eigenvalue weighted by Crippen LogP contribution is -1.95. The van der Waals surface area contributed by atoms with E-state index >= 15 is 0 Å². The maximum Gasteiger partial charge on any atom is 0.0902 e. The third-order valence-electron chi connectivity index (χ3n) is 1.44. The molecule has 0 aliphatic heterocycles. The van der Waals surface area contributed by atoms with Crippen molar-refractivity contribution in [1.82, 2.24) is 0 Å². The average molecular weight is 168 g/mol. The number of halogens is 1. The average Bonchev–Trinajstić information content (AvgIpc) is 2.06. The molecule has 58 valence electrons. The summed E-state index contributed by atoms with van der Waals surface area (Å²) < 4.78 is 0. The SMILES string of the molecule is C=Cc1ccccc1NCCl. The van der Waals surface area contributed by atoms with Crippen molar-refractivity contribution in [2.75, 3.05) is 11.3 Å². The van der Waals surface area contributed by atoms with Gasteiger partial charge in [0.25, 0.3) is 0 Å². The molecule has 0 radical (unpaired) electrons. The van der Waals surface area contributed by atoms with E-state index in [0.29, 0.717) is 6.00 Å². The van der Waals surface area contributed by atoms with Crippen molar-refractivity contribution in [2.45, 2.75) is 0 Å². The molecule has 0 unspecified atom stereocenters. The third kappa shape index (κ3) is 1.99. The fraction of sp³-hybridized carbons (Fsp3) is 0.111. The first-order chi connectivity index (χ1) is 5.38. The zero-order chi connectivity index (χ0) is 8.10. The molecule has 0 spiro atoms. The predicted octanol–water partition coefficient (Wildman–Crippen LogP) is 2.94. The Morgan fingerprint density at radius 2 is 2.18 bits per heavy atom. The van der Waals surface area contributed by atoms with Crippen molar-refractivity contribution in [3.8, 4) is 0 Å². The molecule has 1 aromatic carbocycles. The van der Waals surface area contributed by atoms with Crippen molar-refractivity contribution >= 4 is 23.4 Å². The zero-order valence-corrected chi connectivity index (χ0v) is 6.93. The van der Waals surface area contributed by atoms with Crippen LogP contribution in [0.2, 0.25) is 0 Å². The molecule has 0 saturated heterocycles. The molecule has 2 heteroatoms. The van der Waals surface area contributed by atoms with Crippen LogP contribution in [0.1, 0.15) is 5.56 Å². The minimum atomic E-state index is 0.421. The maximum atomic E-state index is 5.52. The molecule has 0 fully saturated rings. The van der Waals surface area contributed by atoms with Crippen LogP contribution in [-0.2, 0) is 0 Å². The molecule has 1 rings (SSSR count). The Hall–Kier alpha value is -0.950. The van der Waals surface area contributed by atoms with Gasteiger partial charge in [0.05, 0.1) is 6.00 Å². The van der Waals surface area contributed by atoms with Crippen molar-refractivity contribution in [1.29, 1.82) is 0 Å². The Kier molecular flexibility index (Phi) is 2.99. The number of nitrogens with one attached hydrogen (secondary N) is 1. The van der Waals surface area contributed by atoms with Crippen molar-refractivity contribution in [3.05, 3.63) is 36.4 Å². The van der Waals surface area contributed by atoms with E-state index < -0.39 is 0 Å². The van der Waals surface area contributed by atoms with Crippen LogP contribution in [0.3, 0.4) is 0 Å². The molecular weight excluding hydrogens is 158 g/mol. The highest BCUT2D eigenvalue weighted by atomic mass is 35.5. The topological polar surface area (TPSA) is 12.0 Å².